The molecule has 0 saturated carbocycles. The van der Waals surface area contributed by atoms with E-state index >= 15 is 0 Å². The summed E-state index contributed by atoms with van der Waals surface area (Å²) >= 11 is 0. The Kier molecular flexibility index (Phi) is 4.82. The summed E-state index contributed by atoms with van der Waals surface area (Å²) in [4.78, 5) is 34.3. The third kappa shape index (κ3) is 3.23. The number of pyridine rings is 1. The van der Waals surface area contributed by atoms with Gasteiger partial charge in [-0.2, -0.15) is 0 Å². The maximum absolute atomic E-state index is 12.9. The molecule has 1 unspecified atom stereocenters. The fourth-order valence-electron chi connectivity index (χ4n) is 5.47. The molecule has 0 spiro atoms. The normalized spacial score (nSPS) is 22.5. The van der Waals surface area contributed by atoms with Crippen molar-refractivity contribution < 1.29 is 9.59 Å². The maximum atomic E-state index is 12.9. The van der Waals surface area contributed by atoms with E-state index in [2.05, 4.69) is 35.0 Å². The molecule has 0 radical (unpaired) electrons. The van der Waals surface area contributed by atoms with Crippen molar-refractivity contribution in [3.8, 4) is 0 Å². The Morgan fingerprint density at radius 2 is 1.97 bits per heavy atom. The minimum absolute atomic E-state index is 0.343. The van der Waals surface area contributed by atoms with Crippen molar-refractivity contribution >= 4 is 23.0 Å². The molecular formula is C26H29N3O2. The summed E-state index contributed by atoms with van der Waals surface area (Å²) in [5.41, 5.74) is 5.47. The molecule has 5 rings (SSSR count). The molecule has 0 bridgehead atoms. The molecule has 5 heteroatoms. The third-order valence-electron chi connectivity index (χ3n) is 6.95. The van der Waals surface area contributed by atoms with Crippen molar-refractivity contribution in [3.05, 3.63) is 65.0 Å². The maximum Gasteiger partial charge on any atom is 0.300 e. The van der Waals surface area contributed by atoms with Crippen molar-refractivity contribution in [2.24, 2.45) is 0 Å². The number of hydrogen-bond acceptors (Lipinski definition) is 4. The predicted molar refractivity (Wildman–Crippen MR) is 122 cm³/mol. The third-order valence-corrected chi connectivity index (χ3v) is 6.95. The second-order valence-corrected chi connectivity index (χ2v) is 9.45. The molecule has 2 aromatic rings. The standard InChI is InChI=1S/C26H29N3O2/c1-4-17-12-20-19(14-26(2,3)29-23(20)21(13-17)24(30)25(29)31)16-28-11-6-5-9-22(28)18-8-7-10-27-15-18/h7-8,10,12-15,22H,4-6,9,11,16H2,1-3H3. The lowest BCUT2D eigenvalue weighted by atomic mass is 9.86. The van der Waals surface area contributed by atoms with Gasteiger partial charge in [-0.3, -0.25) is 24.4 Å². The van der Waals surface area contributed by atoms with E-state index in [0.717, 1.165) is 42.7 Å². The summed E-state index contributed by atoms with van der Waals surface area (Å²) in [6.45, 7) is 7.98. The minimum Gasteiger partial charge on any atom is -0.295 e. The second-order valence-electron chi connectivity index (χ2n) is 9.45. The summed E-state index contributed by atoms with van der Waals surface area (Å²) in [5, 5.41) is 0. The number of ketones is 1. The Balaban J connectivity index is 1.58. The number of aromatic nitrogens is 1. The molecule has 0 N–H and O–H groups in total. The van der Waals surface area contributed by atoms with Gasteiger partial charge >= 0.3 is 0 Å². The van der Waals surface area contributed by atoms with E-state index in [1.807, 2.05) is 38.4 Å². The molecule has 5 nitrogen and oxygen atoms in total. The number of piperidine rings is 1. The smallest absolute Gasteiger partial charge is 0.295 e. The van der Waals surface area contributed by atoms with Crippen molar-refractivity contribution in [1.82, 2.24) is 9.88 Å². The van der Waals surface area contributed by atoms with E-state index in [-0.39, 0.29) is 5.78 Å². The molecule has 1 fully saturated rings. The summed E-state index contributed by atoms with van der Waals surface area (Å²) in [6, 6.07) is 8.62. The number of likely N-dealkylation sites (tertiary alicyclic amines) is 1. The van der Waals surface area contributed by atoms with Gasteiger partial charge in [-0.05, 0) is 74.6 Å². The second kappa shape index (κ2) is 7.41. The monoisotopic (exact) mass is 415 g/mol. The van der Waals surface area contributed by atoms with Crippen LogP contribution in [0.2, 0.25) is 0 Å². The van der Waals surface area contributed by atoms with Gasteiger partial charge in [0.15, 0.2) is 0 Å². The number of anilines is 1. The van der Waals surface area contributed by atoms with Gasteiger partial charge < -0.3 is 0 Å². The Morgan fingerprint density at radius 1 is 1.16 bits per heavy atom. The fraction of sp³-hybridized carbons (Fsp3) is 0.423. The van der Waals surface area contributed by atoms with Gasteiger partial charge in [-0.15, -0.1) is 0 Å². The van der Waals surface area contributed by atoms with Crippen LogP contribution in [0.3, 0.4) is 0 Å². The molecule has 0 aliphatic carbocycles. The van der Waals surface area contributed by atoms with Gasteiger partial charge in [-0.1, -0.05) is 25.5 Å². The predicted octanol–water partition coefficient (Wildman–Crippen LogP) is 4.58. The van der Waals surface area contributed by atoms with E-state index in [4.69, 9.17) is 0 Å². The van der Waals surface area contributed by atoms with Crippen LogP contribution in [0.15, 0.2) is 42.7 Å². The Labute approximate surface area is 183 Å². The highest BCUT2D eigenvalue weighted by atomic mass is 16.2. The summed E-state index contributed by atoms with van der Waals surface area (Å²) < 4.78 is 0. The van der Waals surface area contributed by atoms with Gasteiger partial charge in [0.05, 0.1) is 16.8 Å². The molecule has 1 aromatic carbocycles. The van der Waals surface area contributed by atoms with E-state index in [0.29, 0.717) is 11.6 Å². The Bertz CT molecular complexity index is 1090. The molecule has 1 aromatic heterocycles. The number of amides is 1. The molecule has 3 aliphatic rings. The van der Waals surface area contributed by atoms with Gasteiger partial charge in [0.1, 0.15) is 0 Å². The average molecular weight is 416 g/mol. The number of aryl methyl sites for hydroxylation is 1. The first kappa shape index (κ1) is 20.1. The van der Waals surface area contributed by atoms with Gasteiger partial charge in [-0.25, -0.2) is 0 Å². The van der Waals surface area contributed by atoms with E-state index < -0.39 is 11.4 Å². The topological polar surface area (TPSA) is 53.5 Å². The molecule has 1 saturated heterocycles. The zero-order chi connectivity index (χ0) is 21.8. The molecule has 4 heterocycles. The quantitative estimate of drug-likeness (QED) is 0.686. The lowest BCUT2D eigenvalue weighted by Gasteiger charge is -2.42. The molecule has 3 aliphatic heterocycles. The number of nitrogens with zero attached hydrogens (tertiary/aromatic N) is 3. The van der Waals surface area contributed by atoms with Crippen LogP contribution >= 0.6 is 0 Å². The molecular weight excluding hydrogens is 386 g/mol. The van der Waals surface area contributed by atoms with E-state index in [9.17, 15) is 9.59 Å². The number of hydrogen-bond donors (Lipinski definition) is 0. The summed E-state index contributed by atoms with van der Waals surface area (Å²) in [6.07, 6.45) is 10.4. The van der Waals surface area contributed by atoms with Crippen molar-refractivity contribution in [3.63, 3.8) is 0 Å². The lowest BCUT2D eigenvalue weighted by Crippen LogP contribution is -2.48. The van der Waals surface area contributed by atoms with Gasteiger partial charge in [0, 0.05) is 30.5 Å². The van der Waals surface area contributed by atoms with E-state index in [1.165, 1.54) is 24.0 Å². The van der Waals surface area contributed by atoms with Gasteiger partial charge in [0.2, 0.25) is 0 Å². The number of carbonyl (C=O) groups is 2. The average Bonchev–Trinajstić information content (AvgIpc) is 3.04. The van der Waals surface area contributed by atoms with Crippen molar-refractivity contribution in [2.75, 3.05) is 18.0 Å². The Hall–Kier alpha value is -2.79. The van der Waals surface area contributed by atoms with Crippen LogP contribution in [0, 0.1) is 0 Å². The fourth-order valence-corrected chi connectivity index (χ4v) is 5.47. The first-order valence-electron chi connectivity index (χ1n) is 11.3. The zero-order valence-electron chi connectivity index (χ0n) is 18.5. The highest BCUT2D eigenvalue weighted by Crippen LogP contribution is 2.47. The van der Waals surface area contributed by atoms with Crippen LogP contribution in [0.5, 0.6) is 0 Å². The van der Waals surface area contributed by atoms with Crippen LogP contribution in [0.4, 0.5) is 5.69 Å². The number of benzene rings is 1. The van der Waals surface area contributed by atoms with Crippen LogP contribution in [0.25, 0.3) is 5.57 Å². The van der Waals surface area contributed by atoms with Crippen LogP contribution in [0.1, 0.15) is 73.1 Å². The van der Waals surface area contributed by atoms with E-state index in [1.54, 1.807) is 4.90 Å². The van der Waals surface area contributed by atoms with Gasteiger partial charge in [0.25, 0.3) is 11.7 Å². The van der Waals surface area contributed by atoms with Crippen LogP contribution < -0.4 is 4.90 Å². The van der Waals surface area contributed by atoms with Crippen LogP contribution in [-0.4, -0.2) is 40.2 Å². The molecule has 31 heavy (non-hydrogen) atoms. The summed E-state index contributed by atoms with van der Waals surface area (Å²) in [7, 11) is 0. The SMILES string of the molecule is CCc1cc2c3c(c1)C(CN1CCCCC1c1cccnc1)=CC(C)(C)N3C(=O)C2=O. The molecule has 1 amide bonds. The number of Topliss-reactive ketones (excluding diaryl/α,β-unsaturated/α-hetero) is 1. The molecule has 160 valence electrons. The highest BCUT2D eigenvalue weighted by molar-refractivity contribution is 6.53. The van der Waals surface area contributed by atoms with Crippen LogP contribution in [-0.2, 0) is 11.2 Å². The lowest BCUT2D eigenvalue weighted by molar-refractivity contribution is -0.115. The first-order chi connectivity index (χ1) is 14.9. The zero-order valence-corrected chi connectivity index (χ0v) is 18.5. The van der Waals surface area contributed by atoms with Crippen molar-refractivity contribution in [1.29, 1.82) is 0 Å². The highest BCUT2D eigenvalue weighted by Gasteiger charge is 2.47. The largest absolute Gasteiger partial charge is 0.300 e. The first-order valence-corrected chi connectivity index (χ1v) is 11.3. The van der Waals surface area contributed by atoms with Crippen molar-refractivity contribution in [2.45, 2.75) is 58.0 Å². The summed E-state index contributed by atoms with van der Waals surface area (Å²) in [5.74, 6) is -0.781. The molecule has 1 atom stereocenters. The number of carbonyl (C=O) groups excluding carboxylic acids is 2. The number of rotatable bonds is 4. The minimum atomic E-state index is -0.534. The Morgan fingerprint density at radius 3 is 2.71 bits per heavy atom.